The van der Waals surface area contributed by atoms with Crippen LogP contribution in [0.3, 0.4) is 0 Å². The van der Waals surface area contributed by atoms with Crippen molar-refractivity contribution in [2.45, 2.75) is 58.3 Å². The van der Waals surface area contributed by atoms with Crippen LogP contribution in [-0.4, -0.2) is 18.8 Å². The van der Waals surface area contributed by atoms with Gasteiger partial charge in [0.25, 0.3) is 0 Å². The molecule has 0 amide bonds. The van der Waals surface area contributed by atoms with Gasteiger partial charge in [0.15, 0.2) is 0 Å². The summed E-state index contributed by atoms with van der Waals surface area (Å²) in [6.45, 7) is 6.94. The van der Waals surface area contributed by atoms with E-state index in [1.54, 1.807) is 0 Å². The van der Waals surface area contributed by atoms with Gasteiger partial charge in [-0.2, -0.15) is 0 Å². The molecule has 1 saturated carbocycles. The van der Waals surface area contributed by atoms with Crippen molar-refractivity contribution >= 4 is 0 Å². The Bertz CT molecular complexity index is 396. The highest BCUT2D eigenvalue weighted by Gasteiger charge is 2.30. The summed E-state index contributed by atoms with van der Waals surface area (Å²) < 4.78 is 11.2. The van der Waals surface area contributed by atoms with Gasteiger partial charge in [-0.1, -0.05) is 12.1 Å². The molecule has 3 heteroatoms. The molecule has 0 spiro atoms. The van der Waals surface area contributed by atoms with Gasteiger partial charge in [-0.3, -0.25) is 0 Å². The summed E-state index contributed by atoms with van der Waals surface area (Å²) in [6.07, 6.45) is 4.05. The molecule has 0 aromatic heterocycles. The van der Waals surface area contributed by atoms with Crippen LogP contribution in [0, 0.1) is 5.92 Å². The molecular formula is C17H27NO2. The minimum Gasteiger partial charge on any atom is -0.491 e. The van der Waals surface area contributed by atoms with E-state index in [4.69, 9.17) is 15.2 Å². The zero-order valence-corrected chi connectivity index (χ0v) is 12.8. The van der Waals surface area contributed by atoms with Crippen LogP contribution in [-0.2, 0) is 4.74 Å². The van der Waals surface area contributed by atoms with Gasteiger partial charge >= 0.3 is 0 Å². The Balaban J connectivity index is 1.79. The molecule has 1 aliphatic carbocycles. The Morgan fingerprint density at radius 3 is 2.40 bits per heavy atom. The zero-order chi connectivity index (χ0) is 14.5. The van der Waals surface area contributed by atoms with E-state index in [0.717, 1.165) is 31.6 Å². The number of hydrogen-bond acceptors (Lipinski definition) is 3. The van der Waals surface area contributed by atoms with Gasteiger partial charge in [0.05, 0.1) is 12.2 Å². The van der Waals surface area contributed by atoms with Gasteiger partial charge in [-0.15, -0.1) is 0 Å². The second-order valence-electron chi connectivity index (χ2n) is 5.99. The highest BCUT2D eigenvalue weighted by atomic mass is 16.5. The maximum Gasteiger partial charge on any atom is 0.119 e. The summed E-state index contributed by atoms with van der Waals surface area (Å²) in [7, 11) is 0. The third-order valence-corrected chi connectivity index (χ3v) is 3.86. The lowest BCUT2D eigenvalue weighted by atomic mass is 9.77. The van der Waals surface area contributed by atoms with Gasteiger partial charge < -0.3 is 15.2 Å². The highest BCUT2D eigenvalue weighted by Crippen LogP contribution is 2.36. The van der Waals surface area contributed by atoms with E-state index in [0.29, 0.717) is 12.0 Å². The molecule has 0 aliphatic heterocycles. The topological polar surface area (TPSA) is 44.5 Å². The second-order valence-corrected chi connectivity index (χ2v) is 5.99. The van der Waals surface area contributed by atoms with E-state index in [9.17, 15) is 0 Å². The van der Waals surface area contributed by atoms with Crippen molar-refractivity contribution in [2.75, 3.05) is 6.61 Å². The molecule has 2 rings (SSSR count). The predicted molar refractivity (Wildman–Crippen MR) is 81.9 cm³/mol. The Kier molecular flexibility index (Phi) is 5.44. The van der Waals surface area contributed by atoms with Gasteiger partial charge in [-0.25, -0.2) is 0 Å². The third-order valence-electron chi connectivity index (χ3n) is 3.86. The standard InChI is InChI=1S/C17H27NO2/c1-4-19-16-9-13(10-16)11-17(18)14-5-7-15(8-6-14)20-12(2)3/h5-8,12-13,16-17H,4,9-11,18H2,1-3H3. The minimum absolute atomic E-state index is 0.121. The third kappa shape index (κ3) is 4.22. The largest absolute Gasteiger partial charge is 0.491 e. The predicted octanol–water partition coefficient (Wildman–Crippen LogP) is 3.68. The second kappa shape index (κ2) is 7.09. The van der Waals surface area contributed by atoms with Crippen molar-refractivity contribution in [1.29, 1.82) is 0 Å². The molecule has 1 atom stereocenters. The Morgan fingerprint density at radius 1 is 1.20 bits per heavy atom. The smallest absolute Gasteiger partial charge is 0.119 e. The van der Waals surface area contributed by atoms with Crippen molar-refractivity contribution in [3.63, 3.8) is 0 Å². The number of nitrogens with two attached hydrogens (primary N) is 1. The van der Waals surface area contributed by atoms with Crippen molar-refractivity contribution in [3.05, 3.63) is 29.8 Å². The van der Waals surface area contributed by atoms with Crippen LogP contribution in [0.25, 0.3) is 0 Å². The van der Waals surface area contributed by atoms with E-state index >= 15 is 0 Å². The van der Waals surface area contributed by atoms with Gasteiger partial charge in [0.1, 0.15) is 5.75 Å². The Hall–Kier alpha value is -1.06. The fourth-order valence-electron chi connectivity index (χ4n) is 2.80. The number of benzene rings is 1. The van der Waals surface area contributed by atoms with Crippen LogP contribution >= 0.6 is 0 Å². The first-order chi connectivity index (χ1) is 9.58. The first kappa shape index (κ1) is 15.3. The molecule has 0 saturated heterocycles. The van der Waals surface area contributed by atoms with E-state index in [2.05, 4.69) is 19.1 Å². The first-order valence-electron chi connectivity index (χ1n) is 7.72. The molecule has 0 heterocycles. The Morgan fingerprint density at radius 2 is 1.85 bits per heavy atom. The molecule has 0 radical (unpaired) electrons. The maximum atomic E-state index is 6.29. The van der Waals surface area contributed by atoms with Gasteiger partial charge in [0, 0.05) is 12.6 Å². The van der Waals surface area contributed by atoms with Crippen LogP contribution in [0.15, 0.2) is 24.3 Å². The fourth-order valence-corrected chi connectivity index (χ4v) is 2.80. The zero-order valence-electron chi connectivity index (χ0n) is 12.8. The van der Waals surface area contributed by atoms with E-state index in [1.165, 1.54) is 5.56 Å². The molecule has 1 fully saturated rings. The lowest BCUT2D eigenvalue weighted by molar-refractivity contribution is -0.0282. The van der Waals surface area contributed by atoms with E-state index in [1.807, 2.05) is 26.0 Å². The summed E-state index contributed by atoms with van der Waals surface area (Å²) >= 11 is 0. The van der Waals surface area contributed by atoms with Gasteiger partial charge in [-0.05, 0) is 63.6 Å². The van der Waals surface area contributed by atoms with Gasteiger partial charge in [0.2, 0.25) is 0 Å². The molecule has 1 unspecified atom stereocenters. The summed E-state index contributed by atoms with van der Waals surface area (Å²) in [6, 6.07) is 8.32. The summed E-state index contributed by atoms with van der Waals surface area (Å²) in [5, 5.41) is 0. The first-order valence-corrected chi connectivity index (χ1v) is 7.72. The average Bonchev–Trinajstić information content (AvgIpc) is 2.36. The van der Waals surface area contributed by atoms with Crippen molar-refractivity contribution in [1.82, 2.24) is 0 Å². The molecule has 2 N–H and O–H groups in total. The number of ether oxygens (including phenoxy) is 2. The maximum absolute atomic E-state index is 6.29. The average molecular weight is 277 g/mol. The van der Waals surface area contributed by atoms with Crippen LogP contribution in [0.2, 0.25) is 0 Å². The quantitative estimate of drug-likeness (QED) is 0.827. The lowest BCUT2D eigenvalue weighted by Gasteiger charge is -2.36. The molecular weight excluding hydrogens is 250 g/mol. The van der Waals surface area contributed by atoms with Crippen LogP contribution in [0.5, 0.6) is 5.75 Å². The van der Waals surface area contributed by atoms with Crippen LogP contribution in [0.1, 0.15) is 51.6 Å². The van der Waals surface area contributed by atoms with E-state index < -0.39 is 0 Å². The Labute approximate surface area is 122 Å². The lowest BCUT2D eigenvalue weighted by Crippen LogP contribution is -2.33. The number of hydrogen-bond donors (Lipinski definition) is 1. The van der Waals surface area contributed by atoms with Crippen molar-refractivity contribution in [2.24, 2.45) is 11.7 Å². The summed E-state index contributed by atoms with van der Waals surface area (Å²) in [5.41, 5.74) is 7.49. The molecule has 20 heavy (non-hydrogen) atoms. The normalized spacial score (nSPS) is 23.4. The van der Waals surface area contributed by atoms with Crippen LogP contribution < -0.4 is 10.5 Å². The monoisotopic (exact) mass is 277 g/mol. The minimum atomic E-state index is 0.121. The number of rotatable bonds is 7. The van der Waals surface area contributed by atoms with Crippen molar-refractivity contribution in [3.8, 4) is 5.75 Å². The molecule has 1 aliphatic rings. The van der Waals surface area contributed by atoms with E-state index in [-0.39, 0.29) is 12.1 Å². The fraction of sp³-hybridized carbons (Fsp3) is 0.647. The summed E-state index contributed by atoms with van der Waals surface area (Å²) in [4.78, 5) is 0. The van der Waals surface area contributed by atoms with Crippen LogP contribution in [0.4, 0.5) is 0 Å². The summed E-state index contributed by atoms with van der Waals surface area (Å²) in [5.74, 6) is 1.63. The molecule has 1 aromatic rings. The SMILES string of the molecule is CCOC1CC(CC(N)c2ccc(OC(C)C)cc2)C1. The molecule has 3 nitrogen and oxygen atoms in total. The molecule has 112 valence electrons. The van der Waals surface area contributed by atoms with Crippen molar-refractivity contribution < 1.29 is 9.47 Å². The highest BCUT2D eigenvalue weighted by molar-refractivity contribution is 5.29. The molecule has 0 bridgehead atoms. The molecule has 1 aromatic carbocycles.